The molecule has 132 valence electrons. The van der Waals surface area contributed by atoms with Crippen LogP contribution in [0.25, 0.3) is 4.96 Å². The van der Waals surface area contributed by atoms with Gasteiger partial charge in [-0.1, -0.05) is 0 Å². The molecule has 2 aromatic heterocycles. The second-order valence-electron chi connectivity index (χ2n) is 6.44. The molecule has 0 aliphatic carbocycles. The molecule has 1 saturated heterocycles. The van der Waals surface area contributed by atoms with Crippen molar-refractivity contribution < 1.29 is 8.42 Å². The van der Waals surface area contributed by atoms with Gasteiger partial charge in [-0.25, -0.2) is 18.1 Å². The highest BCUT2D eigenvalue weighted by Crippen LogP contribution is 2.18. The van der Waals surface area contributed by atoms with Crippen molar-refractivity contribution in [2.45, 2.75) is 26.3 Å². The zero-order valence-electron chi connectivity index (χ0n) is 13.9. The number of hydrogen-bond acceptors (Lipinski definition) is 6. The monoisotopic (exact) mass is 370 g/mol. The normalized spacial score (nSPS) is 19.8. The summed E-state index contributed by atoms with van der Waals surface area (Å²) in [5.74, 6) is 0.294. The Kier molecular flexibility index (Phi) is 5.05. The standard InChI is InChI=1S/C15H22N4O3S2/c1-11-10-23-15-17-13(6-14(20)19(11)15)9-18-5-3-4-12(8-18)7-16-24(2,21)22/h6,10,12,16H,3-5,7-9H2,1-2H3/t12-/m0/s1. The number of rotatable bonds is 5. The molecule has 24 heavy (non-hydrogen) atoms. The van der Waals surface area contributed by atoms with Crippen molar-refractivity contribution in [2.75, 3.05) is 25.9 Å². The van der Waals surface area contributed by atoms with Gasteiger partial charge in [-0.15, -0.1) is 11.3 Å². The van der Waals surface area contributed by atoms with Crippen LogP contribution in [0, 0.1) is 12.8 Å². The summed E-state index contributed by atoms with van der Waals surface area (Å²) in [6.07, 6.45) is 3.22. The van der Waals surface area contributed by atoms with Crippen LogP contribution >= 0.6 is 11.3 Å². The average molecular weight is 371 g/mol. The second-order valence-corrected chi connectivity index (χ2v) is 9.11. The summed E-state index contributed by atoms with van der Waals surface area (Å²) in [6.45, 7) is 4.75. The van der Waals surface area contributed by atoms with E-state index in [9.17, 15) is 13.2 Å². The maximum Gasteiger partial charge on any atom is 0.259 e. The van der Waals surface area contributed by atoms with Gasteiger partial charge in [0.25, 0.3) is 5.56 Å². The smallest absolute Gasteiger partial charge is 0.259 e. The first-order valence-electron chi connectivity index (χ1n) is 7.95. The topological polar surface area (TPSA) is 83.8 Å². The van der Waals surface area contributed by atoms with Crippen LogP contribution in [0.5, 0.6) is 0 Å². The van der Waals surface area contributed by atoms with E-state index in [0.717, 1.165) is 42.3 Å². The lowest BCUT2D eigenvalue weighted by Crippen LogP contribution is -2.40. The quantitative estimate of drug-likeness (QED) is 0.843. The lowest BCUT2D eigenvalue weighted by Gasteiger charge is -2.32. The largest absolute Gasteiger partial charge is 0.297 e. The summed E-state index contributed by atoms with van der Waals surface area (Å²) in [5.41, 5.74) is 1.64. The first-order chi connectivity index (χ1) is 11.3. The van der Waals surface area contributed by atoms with E-state index < -0.39 is 10.0 Å². The molecule has 0 radical (unpaired) electrons. The Hall–Kier alpha value is -1.29. The highest BCUT2D eigenvalue weighted by molar-refractivity contribution is 7.88. The van der Waals surface area contributed by atoms with E-state index >= 15 is 0 Å². The number of aromatic nitrogens is 2. The van der Waals surface area contributed by atoms with E-state index in [2.05, 4.69) is 14.6 Å². The first kappa shape index (κ1) is 17.5. The van der Waals surface area contributed by atoms with Gasteiger partial charge in [0.15, 0.2) is 4.96 Å². The lowest BCUT2D eigenvalue weighted by molar-refractivity contribution is 0.167. The molecule has 0 unspecified atom stereocenters. The summed E-state index contributed by atoms with van der Waals surface area (Å²) in [7, 11) is -3.15. The van der Waals surface area contributed by atoms with Crippen molar-refractivity contribution in [3.8, 4) is 0 Å². The fourth-order valence-corrected chi connectivity index (χ4v) is 4.57. The molecule has 3 heterocycles. The molecule has 1 aliphatic rings. The summed E-state index contributed by atoms with van der Waals surface area (Å²) < 4.78 is 26.7. The Morgan fingerprint density at radius 1 is 1.46 bits per heavy atom. The van der Waals surface area contributed by atoms with Crippen LogP contribution in [0.1, 0.15) is 24.2 Å². The average Bonchev–Trinajstić information content (AvgIpc) is 2.87. The Balaban J connectivity index is 1.68. The Morgan fingerprint density at radius 3 is 3.00 bits per heavy atom. The van der Waals surface area contributed by atoms with Crippen LogP contribution in [0.15, 0.2) is 16.2 Å². The molecule has 0 saturated carbocycles. The van der Waals surface area contributed by atoms with Gasteiger partial charge in [0.05, 0.1) is 11.9 Å². The minimum absolute atomic E-state index is 0.0407. The third-order valence-electron chi connectivity index (χ3n) is 4.25. The number of aryl methyl sites for hydroxylation is 1. The van der Waals surface area contributed by atoms with Gasteiger partial charge >= 0.3 is 0 Å². The fourth-order valence-electron chi connectivity index (χ4n) is 3.14. The lowest BCUT2D eigenvalue weighted by atomic mass is 9.98. The zero-order chi connectivity index (χ0) is 17.3. The van der Waals surface area contributed by atoms with Gasteiger partial charge in [-0.2, -0.15) is 0 Å². The molecule has 0 bridgehead atoms. The van der Waals surface area contributed by atoms with Crippen molar-refractivity contribution >= 4 is 26.3 Å². The number of nitrogens with zero attached hydrogens (tertiary/aromatic N) is 3. The molecule has 0 amide bonds. The SMILES string of the molecule is Cc1csc2nc(CN3CCC[C@@H](CNS(C)(=O)=O)C3)cc(=O)n12. The first-order valence-corrected chi connectivity index (χ1v) is 10.7. The molecule has 9 heteroatoms. The molecule has 1 aliphatic heterocycles. The molecule has 3 rings (SSSR count). The van der Waals surface area contributed by atoms with Crippen molar-refractivity contribution in [2.24, 2.45) is 5.92 Å². The second kappa shape index (κ2) is 6.91. The van der Waals surface area contributed by atoms with E-state index in [1.807, 2.05) is 12.3 Å². The number of nitrogens with one attached hydrogen (secondary N) is 1. The summed E-state index contributed by atoms with van der Waals surface area (Å²) in [4.78, 5) is 19.8. The van der Waals surface area contributed by atoms with Crippen LogP contribution in [0.3, 0.4) is 0 Å². The van der Waals surface area contributed by atoms with Gasteiger partial charge in [-0.05, 0) is 32.2 Å². The molecular weight excluding hydrogens is 348 g/mol. The third kappa shape index (κ3) is 4.21. The molecule has 0 spiro atoms. The van der Waals surface area contributed by atoms with E-state index in [1.54, 1.807) is 10.5 Å². The Morgan fingerprint density at radius 2 is 2.25 bits per heavy atom. The Labute approximate surface area is 145 Å². The zero-order valence-corrected chi connectivity index (χ0v) is 15.5. The number of thiazole rings is 1. The maximum atomic E-state index is 12.2. The molecule has 1 fully saturated rings. The number of likely N-dealkylation sites (tertiary alicyclic amines) is 1. The van der Waals surface area contributed by atoms with Crippen LogP contribution in [-0.4, -0.2) is 48.6 Å². The van der Waals surface area contributed by atoms with E-state index in [1.165, 1.54) is 17.6 Å². The number of fused-ring (bicyclic) bond motifs is 1. The predicted octanol–water partition coefficient (Wildman–Crippen LogP) is 0.826. The van der Waals surface area contributed by atoms with Gasteiger partial charge < -0.3 is 0 Å². The van der Waals surface area contributed by atoms with Crippen LogP contribution in [-0.2, 0) is 16.6 Å². The number of piperidine rings is 1. The van der Waals surface area contributed by atoms with Crippen molar-refractivity contribution in [1.82, 2.24) is 19.0 Å². The minimum atomic E-state index is -3.15. The molecule has 1 atom stereocenters. The van der Waals surface area contributed by atoms with Crippen LogP contribution < -0.4 is 10.3 Å². The molecule has 7 nitrogen and oxygen atoms in total. The van der Waals surface area contributed by atoms with Crippen LogP contribution in [0.4, 0.5) is 0 Å². The summed E-state index contributed by atoms with van der Waals surface area (Å²) in [6, 6.07) is 1.60. The molecule has 2 aromatic rings. The summed E-state index contributed by atoms with van der Waals surface area (Å²) in [5, 5.41) is 1.93. The van der Waals surface area contributed by atoms with Gasteiger partial charge in [0, 0.05) is 36.8 Å². The van der Waals surface area contributed by atoms with Gasteiger partial charge in [0.2, 0.25) is 10.0 Å². The fraction of sp³-hybridized carbons (Fsp3) is 0.600. The Bertz CT molecular complexity index is 888. The highest BCUT2D eigenvalue weighted by Gasteiger charge is 2.21. The minimum Gasteiger partial charge on any atom is -0.297 e. The number of sulfonamides is 1. The maximum absolute atomic E-state index is 12.2. The molecule has 1 N–H and O–H groups in total. The van der Waals surface area contributed by atoms with E-state index in [-0.39, 0.29) is 5.56 Å². The molecular formula is C15H22N4O3S2. The summed E-state index contributed by atoms with van der Waals surface area (Å²) >= 11 is 1.47. The van der Waals surface area contributed by atoms with E-state index in [0.29, 0.717) is 19.0 Å². The van der Waals surface area contributed by atoms with Gasteiger partial charge in [0.1, 0.15) is 0 Å². The van der Waals surface area contributed by atoms with Crippen molar-refractivity contribution in [1.29, 1.82) is 0 Å². The van der Waals surface area contributed by atoms with Gasteiger partial charge in [-0.3, -0.25) is 14.1 Å². The van der Waals surface area contributed by atoms with Crippen molar-refractivity contribution in [3.05, 3.63) is 33.2 Å². The third-order valence-corrected chi connectivity index (χ3v) is 5.89. The predicted molar refractivity (Wildman–Crippen MR) is 94.9 cm³/mol. The van der Waals surface area contributed by atoms with E-state index in [4.69, 9.17) is 0 Å². The number of hydrogen-bond donors (Lipinski definition) is 1. The van der Waals surface area contributed by atoms with Crippen LogP contribution in [0.2, 0.25) is 0 Å². The molecule has 0 aromatic carbocycles. The van der Waals surface area contributed by atoms with Crippen molar-refractivity contribution in [3.63, 3.8) is 0 Å². The highest BCUT2D eigenvalue weighted by atomic mass is 32.2.